The molecule has 1 saturated heterocycles. The highest BCUT2D eigenvalue weighted by atomic mass is 32.2. The van der Waals surface area contributed by atoms with Crippen LogP contribution in [0.2, 0.25) is 0 Å². The Morgan fingerprint density at radius 3 is 2.24 bits per heavy atom. The van der Waals surface area contributed by atoms with Crippen LogP contribution in [0.3, 0.4) is 0 Å². The molecule has 0 aromatic heterocycles. The summed E-state index contributed by atoms with van der Waals surface area (Å²) >= 11 is 1.91. The van der Waals surface area contributed by atoms with Gasteiger partial charge in [0.05, 0.1) is 0 Å². The van der Waals surface area contributed by atoms with Crippen molar-refractivity contribution in [1.82, 2.24) is 4.31 Å². The molecule has 1 nitrogen and oxygen atoms in total. The molecule has 0 N–H and O–H groups in total. The van der Waals surface area contributed by atoms with Crippen LogP contribution in [0.15, 0.2) is 23.3 Å². The minimum Gasteiger partial charge on any atom is -0.244 e. The molecule has 1 aliphatic carbocycles. The fraction of sp³-hybridized carbons (Fsp3) is 0.789. The van der Waals surface area contributed by atoms with E-state index in [0.29, 0.717) is 18.0 Å². The van der Waals surface area contributed by atoms with E-state index in [-0.39, 0.29) is 0 Å². The lowest BCUT2D eigenvalue weighted by atomic mass is 9.79. The predicted octanol–water partition coefficient (Wildman–Crippen LogP) is 5.55. The summed E-state index contributed by atoms with van der Waals surface area (Å²) in [5.74, 6) is 3.09. The molecular weight excluding hydrogens is 274 g/mol. The van der Waals surface area contributed by atoms with Crippen molar-refractivity contribution in [2.45, 2.75) is 66.5 Å². The molecule has 2 aliphatic rings. The first-order valence-corrected chi connectivity index (χ1v) is 9.77. The van der Waals surface area contributed by atoms with E-state index in [9.17, 15) is 0 Å². The molecule has 5 unspecified atom stereocenters. The average Bonchev–Trinajstić information content (AvgIpc) is 3.25. The van der Waals surface area contributed by atoms with Crippen LogP contribution in [0.4, 0.5) is 0 Å². The Balaban J connectivity index is 2.20. The van der Waals surface area contributed by atoms with Gasteiger partial charge in [-0.25, -0.2) is 4.31 Å². The Hall–Kier alpha value is -0.210. The highest BCUT2D eigenvalue weighted by molar-refractivity contribution is 7.96. The Bertz CT molecular complexity index is 421. The molecule has 120 valence electrons. The number of nitrogens with zero attached hydrogens (tertiary/aromatic N) is 1. The maximum atomic E-state index is 2.59. The summed E-state index contributed by atoms with van der Waals surface area (Å²) in [6.45, 7) is 14.2. The van der Waals surface area contributed by atoms with Crippen LogP contribution < -0.4 is 0 Å². The molecule has 1 aliphatic heterocycles. The SMILES string of the molecule is C/C=C(\C(C)=C/C(C)C1CC1)C1C(C)C(C)N(SC)C1C. The zero-order valence-electron chi connectivity index (χ0n) is 14.9. The zero-order valence-corrected chi connectivity index (χ0v) is 15.7. The van der Waals surface area contributed by atoms with Crippen molar-refractivity contribution in [2.75, 3.05) is 6.26 Å². The van der Waals surface area contributed by atoms with Crippen molar-refractivity contribution in [1.29, 1.82) is 0 Å². The molecule has 0 radical (unpaired) electrons. The molecule has 1 heterocycles. The normalized spacial score (nSPS) is 37.1. The maximum Gasteiger partial charge on any atom is 0.0249 e. The molecule has 0 amide bonds. The number of hydrogen-bond donors (Lipinski definition) is 0. The Kier molecular flexibility index (Phi) is 5.65. The molecule has 2 fully saturated rings. The van der Waals surface area contributed by atoms with Crippen LogP contribution in [0.5, 0.6) is 0 Å². The first-order valence-electron chi connectivity index (χ1n) is 8.59. The first kappa shape index (κ1) is 17.1. The molecule has 2 heteroatoms. The lowest BCUT2D eigenvalue weighted by Gasteiger charge is -2.26. The second-order valence-corrected chi connectivity index (χ2v) is 7.99. The molecule has 0 aromatic carbocycles. The minimum absolute atomic E-state index is 0.621. The zero-order chi connectivity index (χ0) is 15.7. The van der Waals surface area contributed by atoms with Crippen LogP contribution in [0.25, 0.3) is 0 Å². The Morgan fingerprint density at radius 2 is 1.81 bits per heavy atom. The third-order valence-corrected chi connectivity index (χ3v) is 6.95. The van der Waals surface area contributed by atoms with Gasteiger partial charge in [-0.1, -0.05) is 43.5 Å². The summed E-state index contributed by atoms with van der Waals surface area (Å²) in [6.07, 6.45) is 10.0. The molecule has 1 saturated carbocycles. The molecular formula is C19H33NS. The molecule has 0 aromatic rings. The van der Waals surface area contributed by atoms with Gasteiger partial charge in [0.25, 0.3) is 0 Å². The van der Waals surface area contributed by atoms with Gasteiger partial charge in [0.2, 0.25) is 0 Å². The van der Waals surface area contributed by atoms with Crippen molar-refractivity contribution in [3.8, 4) is 0 Å². The first-order chi connectivity index (χ1) is 9.92. The van der Waals surface area contributed by atoms with Crippen LogP contribution in [0.1, 0.15) is 54.4 Å². The van der Waals surface area contributed by atoms with Gasteiger partial charge in [-0.15, -0.1) is 0 Å². The third kappa shape index (κ3) is 3.42. The van der Waals surface area contributed by atoms with Gasteiger partial charge in [-0.05, 0) is 70.1 Å². The number of hydrogen-bond acceptors (Lipinski definition) is 2. The van der Waals surface area contributed by atoms with Crippen LogP contribution >= 0.6 is 11.9 Å². The van der Waals surface area contributed by atoms with E-state index in [0.717, 1.165) is 17.8 Å². The summed E-state index contributed by atoms with van der Waals surface area (Å²) in [5.41, 5.74) is 3.11. The van der Waals surface area contributed by atoms with Gasteiger partial charge >= 0.3 is 0 Å². The highest BCUT2D eigenvalue weighted by Gasteiger charge is 2.43. The molecule has 2 rings (SSSR count). The molecule has 0 bridgehead atoms. The maximum absolute atomic E-state index is 2.59. The molecule has 21 heavy (non-hydrogen) atoms. The second kappa shape index (κ2) is 6.91. The van der Waals surface area contributed by atoms with E-state index in [2.05, 4.69) is 64.3 Å². The Morgan fingerprint density at radius 1 is 1.19 bits per heavy atom. The minimum atomic E-state index is 0.621. The summed E-state index contributed by atoms with van der Waals surface area (Å²) in [6, 6.07) is 1.28. The fourth-order valence-corrected chi connectivity index (χ4v) is 5.30. The summed E-state index contributed by atoms with van der Waals surface area (Å²) in [5, 5.41) is 0. The monoisotopic (exact) mass is 307 g/mol. The lowest BCUT2D eigenvalue weighted by molar-refractivity contribution is 0.370. The van der Waals surface area contributed by atoms with Gasteiger partial charge in [-0.2, -0.15) is 0 Å². The van der Waals surface area contributed by atoms with Crippen molar-refractivity contribution in [3.63, 3.8) is 0 Å². The van der Waals surface area contributed by atoms with Crippen molar-refractivity contribution >= 4 is 11.9 Å². The van der Waals surface area contributed by atoms with Gasteiger partial charge < -0.3 is 0 Å². The highest BCUT2D eigenvalue weighted by Crippen LogP contribution is 2.45. The van der Waals surface area contributed by atoms with Gasteiger partial charge in [0, 0.05) is 18.0 Å². The van der Waals surface area contributed by atoms with Crippen molar-refractivity contribution in [2.24, 2.45) is 23.7 Å². The standard InChI is InChI=1S/C19H33NS/c1-8-18(13(3)11-12(2)17-9-10-17)19-14(4)15(5)20(21-7)16(19)6/h8,11-12,14-17,19H,9-10H2,1-7H3/b13-11-,18-8+. The second-order valence-electron chi connectivity index (χ2n) is 7.20. The Labute approximate surface area is 136 Å². The van der Waals surface area contributed by atoms with E-state index in [4.69, 9.17) is 0 Å². The topological polar surface area (TPSA) is 3.24 Å². The van der Waals surface area contributed by atoms with Crippen molar-refractivity contribution in [3.05, 3.63) is 23.3 Å². The van der Waals surface area contributed by atoms with E-state index >= 15 is 0 Å². The number of rotatable bonds is 5. The van der Waals surface area contributed by atoms with Gasteiger partial charge in [0.1, 0.15) is 0 Å². The number of allylic oxidation sites excluding steroid dienone is 3. The van der Waals surface area contributed by atoms with E-state index < -0.39 is 0 Å². The van der Waals surface area contributed by atoms with E-state index in [1.54, 1.807) is 5.57 Å². The average molecular weight is 308 g/mol. The predicted molar refractivity (Wildman–Crippen MR) is 96.3 cm³/mol. The molecule has 0 spiro atoms. The molecule has 5 atom stereocenters. The fourth-order valence-electron chi connectivity index (χ4n) is 4.31. The van der Waals surface area contributed by atoms with E-state index in [1.807, 2.05) is 11.9 Å². The van der Waals surface area contributed by atoms with Crippen LogP contribution in [-0.4, -0.2) is 22.6 Å². The van der Waals surface area contributed by atoms with Crippen LogP contribution in [-0.2, 0) is 0 Å². The summed E-state index contributed by atoms with van der Waals surface area (Å²) in [7, 11) is 0. The smallest absolute Gasteiger partial charge is 0.0249 e. The van der Waals surface area contributed by atoms with Crippen molar-refractivity contribution < 1.29 is 0 Å². The summed E-state index contributed by atoms with van der Waals surface area (Å²) < 4.78 is 2.59. The summed E-state index contributed by atoms with van der Waals surface area (Å²) in [4.78, 5) is 0. The van der Waals surface area contributed by atoms with E-state index in [1.165, 1.54) is 18.4 Å². The lowest BCUT2D eigenvalue weighted by Crippen LogP contribution is -2.28. The van der Waals surface area contributed by atoms with Gasteiger partial charge in [0.15, 0.2) is 0 Å². The third-order valence-electron chi connectivity index (χ3n) is 5.86. The van der Waals surface area contributed by atoms with Crippen LogP contribution in [0, 0.1) is 23.7 Å². The quantitative estimate of drug-likeness (QED) is 0.484. The van der Waals surface area contributed by atoms with Gasteiger partial charge in [-0.3, -0.25) is 0 Å². The largest absolute Gasteiger partial charge is 0.244 e.